The number of carbonyl (C=O) groups excluding carboxylic acids is 4. The minimum absolute atomic E-state index is 0.322. The Balaban J connectivity index is 1.76. The molecule has 2 bridgehead atoms. The lowest BCUT2D eigenvalue weighted by Crippen LogP contribution is -2.52. The predicted molar refractivity (Wildman–Crippen MR) is 100.0 cm³/mol. The number of amides is 2. The number of hydrogen-bond acceptors (Lipinski definition) is 7. The van der Waals surface area contributed by atoms with Crippen LogP contribution in [0.4, 0.5) is 18.9 Å². The summed E-state index contributed by atoms with van der Waals surface area (Å²) in [6.07, 6.45) is -4.59. The van der Waals surface area contributed by atoms with E-state index in [0.29, 0.717) is 11.0 Å². The van der Waals surface area contributed by atoms with E-state index < -0.39 is 70.3 Å². The van der Waals surface area contributed by atoms with Gasteiger partial charge in [-0.1, -0.05) is 17.7 Å². The summed E-state index contributed by atoms with van der Waals surface area (Å²) < 4.78 is 55.8. The summed E-state index contributed by atoms with van der Waals surface area (Å²) in [5.41, 5.74) is -3.33. The van der Waals surface area contributed by atoms with Crippen LogP contribution in [0.1, 0.15) is 19.4 Å². The van der Waals surface area contributed by atoms with Gasteiger partial charge in [-0.3, -0.25) is 19.2 Å². The van der Waals surface area contributed by atoms with E-state index in [0.717, 1.165) is 26.0 Å². The van der Waals surface area contributed by atoms with Gasteiger partial charge >= 0.3 is 18.1 Å². The van der Waals surface area contributed by atoms with Crippen molar-refractivity contribution in [2.45, 2.75) is 38.0 Å². The Labute approximate surface area is 183 Å². The number of halogens is 4. The fourth-order valence-electron chi connectivity index (χ4n) is 4.34. The lowest BCUT2D eigenvalue weighted by molar-refractivity contribution is -0.226. The van der Waals surface area contributed by atoms with E-state index in [1.807, 2.05) is 0 Å². The van der Waals surface area contributed by atoms with Crippen LogP contribution in [-0.4, -0.2) is 41.7 Å². The molecule has 2 amide bonds. The van der Waals surface area contributed by atoms with Crippen LogP contribution in [0.3, 0.4) is 0 Å². The molecule has 4 rings (SSSR count). The minimum Gasteiger partial charge on any atom is -0.422 e. The lowest BCUT2D eigenvalue weighted by Gasteiger charge is -2.34. The zero-order valence-corrected chi connectivity index (χ0v) is 17.3. The lowest BCUT2D eigenvalue weighted by atomic mass is 9.76. The minimum atomic E-state index is -4.81. The van der Waals surface area contributed by atoms with Gasteiger partial charge < -0.3 is 14.2 Å². The van der Waals surface area contributed by atoms with Crippen LogP contribution in [0.2, 0.25) is 5.02 Å². The van der Waals surface area contributed by atoms with Gasteiger partial charge in [-0.2, -0.15) is 13.2 Å². The topological polar surface area (TPSA) is 99.2 Å². The van der Waals surface area contributed by atoms with Crippen LogP contribution in [0.15, 0.2) is 30.4 Å². The number of imide groups is 1. The van der Waals surface area contributed by atoms with Crippen molar-refractivity contribution >= 4 is 41.0 Å². The number of esters is 2. The van der Waals surface area contributed by atoms with Gasteiger partial charge in [-0.05, 0) is 24.3 Å². The van der Waals surface area contributed by atoms with Crippen LogP contribution >= 0.6 is 11.6 Å². The monoisotopic (exact) mass is 473 g/mol. The van der Waals surface area contributed by atoms with Crippen molar-refractivity contribution in [3.63, 3.8) is 0 Å². The third-order valence-corrected chi connectivity index (χ3v) is 5.84. The third-order valence-electron chi connectivity index (χ3n) is 5.51. The first-order chi connectivity index (χ1) is 14.9. The number of ether oxygens (including phenoxy) is 3. The highest BCUT2D eigenvalue weighted by atomic mass is 35.5. The van der Waals surface area contributed by atoms with Gasteiger partial charge in [-0.15, -0.1) is 0 Å². The smallest absolute Gasteiger partial charge is 0.417 e. The summed E-state index contributed by atoms with van der Waals surface area (Å²) in [5.74, 6) is -5.75. The molecule has 0 radical (unpaired) electrons. The van der Waals surface area contributed by atoms with Crippen molar-refractivity contribution < 1.29 is 46.6 Å². The Hall–Kier alpha value is -2.92. The highest BCUT2D eigenvalue weighted by Gasteiger charge is 2.72. The zero-order chi connectivity index (χ0) is 23.6. The van der Waals surface area contributed by atoms with Crippen LogP contribution in [-0.2, 0) is 39.6 Å². The maximum absolute atomic E-state index is 13.3. The van der Waals surface area contributed by atoms with E-state index >= 15 is 0 Å². The molecular weight excluding hydrogens is 459 g/mol. The maximum atomic E-state index is 13.3. The van der Waals surface area contributed by atoms with Crippen molar-refractivity contribution in [2.24, 2.45) is 11.8 Å². The first-order valence-electron chi connectivity index (χ1n) is 9.33. The maximum Gasteiger partial charge on any atom is 0.417 e. The van der Waals surface area contributed by atoms with E-state index in [2.05, 4.69) is 0 Å². The van der Waals surface area contributed by atoms with Crippen LogP contribution in [0.5, 0.6) is 0 Å². The Bertz CT molecular complexity index is 1060. The summed E-state index contributed by atoms with van der Waals surface area (Å²) in [6, 6.07) is 2.67. The molecule has 0 aromatic heterocycles. The fraction of sp³-hybridized carbons (Fsp3) is 0.400. The van der Waals surface area contributed by atoms with E-state index in [1.165, 1.54) is 12.2 Å². The van der Waals surface area contributed by atoms with Gasteiger partial charge in [0.05, 0.1) is 34.2 Å². The normalized spacial score (nSPS) is 28.5. The summed E-state index contributed by atoms with van der Waals surface area (Å²) in [4.78, 5) is 50.2. The molecule has 0 aliphatic carbocycles. The first kappa shape index (κ1) is 22.3. The molecule has 8 nitrogen and oxygen atoms in total. The van der Waals surface area contributed by atoms with Gasteiger partial charge in [0, 0.05) is 13.8 Å². The molecule has 0 saturated carbocycles. The van der Waals surface area contributed by atoms with Crippen molar-refractivity contribution in [1.29, 1.82) is 0 Å². The average molecular weight is 474 g/mol. The van der Waals surface area contributed by atoms with Crippen LogP contribution in [0.25, 0.3) is 0 Å². The largest absolute Gasteiger partial charge is 0.422 e. The Morgan fingerprint density at radius 2 is 1.78 bits per heavy atom. The number of hydrogen-bond donors (Lipinski definition) is 0. The van der Waals surface area contributed by atoms with Crippen molar-refractivity contribution in [1.82, 2.24) is 0 Å². The van der Waals surface area contributed by atoms with E-state index in [9.17, 15) is 32.3 Å². The quantitative estimate of drug-likeness (QED) is 0.287. The average Bonchev–Trinajstić information content (AvgIpc) is 3.32. The van der Waals surface area contributed by atoms with E-state index in [1.54, 1.807) is 0 Å². The van der Waals surface area contributed by atoms with Crippen molar-refractivity contribution in [2.75, 3.05) is 4.90 Å². The molecule has 3 aliphatic rings. The highest BCUT2D eigenvalue weighted by molar-refractivity contribution is 6.31. The molecule has 1 aromatic carbocycles. The van der Waals surface area contributed by atoms with Gasteiger partial charge in [0.1, 0.15) is 0 Å². The van der Waals surface area contributed by atoms with E-state index in [4.69, 9.17) is 25.8 Å². The summed E-state index contributed by atoms with van der Waals surface area (Å²) in [7, 11) is 0. The number of carbonyl (C=O) groups is 4. The fourth-order valence-corrected chi connectivity index (χ4v) is 4.57. The standard InChI is InChI=1S/C20H15ClF3NO7/c1-8(26)30-18(31-9(2)27)19-6-5-13(32-19)14-15(19)17(29)25(16(14)28)10-3-4-12(21)11(7-10)20(22,23)24/h3-7,13-15,18H,1-2H3/t13-,14+,15+,19-/m0/s1. The Kier molecular flexibility index (Phi) is 5.09. The second-order valence-electron chi connectivity index (χ2n) is 7.52. The first-order valence-corrected chi connectivity index (χ1v) is 9.71. The third kappa shape index (κ3) is 3.27. The number of fused-ring (bicyclic) bond motifs is 5. The molecule has 3 aliphatic heterocycles. The van der Waals surface area contributed by atoms with Crippen LogP contribution in [0, 0.1) is 11.8 Å². The Morgan fingerprint density at radius 3 is 2.34 bits per heavy atom. The second kappa shape index (κ2) is 7.31. The van der Waals surface area contributed by atoms with Gasteiger partial charge in [0.2, 0.25) is 11.8 Å². The number of anilines is 1. The molecule has 0 unspecified atom stereocenters. The molecule has 0 N–H and O–H groups in total. The molecule has 3 heterocycles. The molecule has 2 fully saturated rings. The van der Waals surface area contributed by atoms with Gasteiger partial charge in [0.25, 0.3) is 6.29 Å². The summed E-state index contributed by atoms with van der Waals surface area (Å²) >= 11 is 5.64. The summed E-state index contributed by atoms with van der Waals surface area (Å²) in [6.45, 7) is 2.10. The molecule has 170 valence electrons. The number of benzene rings is 1. The zero-order valence-electron chi connectivity index (χ0n) is 16.5. The molecule has 0 spiro atoms. The van der Waals surface area contributed by atoms with E-state index in [-0.39, 0.29) is 5.69 Å². The van der Waals surface area contributed by atoms with Crippen LogP contribution < -0.4 is 4.90 Å². The predicted octanol–water partition coefficient (Wildman–Crippen LogP) is 2.62. The molecule has 1 aromatic rings. The Morgan fingerprint density at radius 1 is 1.16 bits per heavy atom. The molecular formula is C20H15ClF3NO7. The van der Waals surface area contributed by atoms with Crippen molar-refractivity contribution in [3.8, 4) is 0 Å². The highest BCUT2D eigenvalue weighted by Crippen LogP contribution is 2.55. The molecule has 32 heavy (non-hydrogen) atoms. The second-order valence-corrected chi connectivity index (χ2v) is 7.93. The van der Waals surface area contributed by atoms with Crippen molar-refractivity contribution in [3.05, 3.63) is 40.9 Å². The number of alkyl halides is 3. The summed E-state index contributed by atoms with van der Waals surface area (Å²) in [5, 5.41) is -0.591. The molecule has 12 heteroatoms. The molecule has 4 atom stereocenters. The number of rotatable bonds is 4. The number of nitrogens with zero attached hydrogens (tertiary/aromatic N) is 1. The molecule has 2 saturated heterocycles. The van der Waals surface area contributed by atoms with Gasteiger partial charge in [-0.25, -0.2) is 4.90 Å². The SMILES string of the molecule is CC(=O)OC(OC(C)=O)[C@@]12C=C[C@H](O1)[C@H]1C(=O)N(c3ccc(Cl)c(C(F)(F)F)c3)C(=O)[C@@H]12. The van der Waals surface area contributed by atoms with Gasteiger partial charge in [0.15, 0.2) is 5.60 Å².